The van der Waals surface area contributed by atoms with E-state index in [1.54, 1.807) is 42.5 Å². The number of esters is 2. The lowest BCUT2D eigenvalue weighted by Gasteiger charge is -2.22. The van der Waals surface area contributed by atoms with Gasteiger partial charge in [-0.05, 0) is 59.2 Å². The van der Waals surface area contributed by atoms with Crippen LogP contribution in [-0.4, -0.2) is 68.3 Å². The van der Waals surface area contributed by atoms with E-state index in [0.29, 0.717) is 70.3 Å². The Bertz CT molecular complexity index is 1810. The van der Waals surface area contributed by atoms with Crippen LogP contribution in [0.1, 0.15) is 54.4 Å². The molecule has 0 spiro atoms. The highest BCUT2D eigenvalue weighted by molar-refractivity contribution is 6.30. The first-order valence-corrected chi connectivity index (χ1v) is 14.7. The maximum absolute atomic E-state index is 13.2. The van der Waals surface area contributed by atoms with Gasteiger partial charge >= 0.3 is 11.9 Å². The van der Waals surface area contributed by atoms with Gasteiger partial charge in [0.15, 0.2) is 5.69 Å². The summed E-state index contributed by atoms with van der Waals surface area (Å²) in [6.07, 6.45) is 6.58. The molecule has 15 heteroatoms. The van der Waals surface area contributed by atoms with Crippen molar-refractivity contribution in [1.29, 1.82) is 5.26 Å². The normalized spacial score (nSPS) is 16.2. The molecule has 3 heterocycles. The number of imidazole rings is 1. The Morgan fingerprint density at radius 2 is 1.98 bits per heavy atom. The molecule has 2 aromatic carbocycles. The van der Waals surface area contributed by atoms with E-state index in [-0.39, 0.29) is 12.1 Å². The van der Waals surface area contributed by atoms with Gasteiger partial charge in [-0.25, -0.2) is 9.78 Å². The third-order valence-electron chi connectivity index (χ3n) is 7.45. The van der Waals surface area contributed by atoms with Gasteiger partial charge in [-0.3, -0.25) is 9.59 Å². The second kappa shape index (κ2) is 14.5. The zero-order valence-electron chi connectivity index (χ0n) is 25.0. The Morgan fingerprint density at radius 3 is 2.72 bits per heavy atom. The summed E-state index contributed by atoms with van der Waals surface area (Å²) in [5.41, 5.74) is 3.45. The first-order chi connectivity index (χ1) is 22.3. The summed E-state index contributed by atoms with van der Waals surface area (Å²) in [5.74, 6) is -0.878. The molecule has 0 unspecified atom stereocenters. The summed E-state index contributed by atoms with van der Waals surface area (Å²) in [5, 5.41) is 28.0. The molecule has 3 N–H and O–H groups in total. The molecule has 1 aliphatic rings. The first kappa shape index (κ1) is 31.9. The second-order valence-corrected chi connectivity index (χ2v) is 10.9. The fourth-order valence-corrected chi connectivity index (χ4v) is 5.37. The third-order valence-corrected chi connectivity index (χ3v) is 7.69. The summed E-state index contributed by atoms with van der Waals surface area (Å²) in [4.78, 5) is 45.8. The third kappa shape index (κ3) is 7.39. The highest BCUT2D eigenvalue weighted by Gasteiger charge is 2.26. The van der Waals surface area contributed by atoms with Gasteiger partial charge in [-0.15, -0.1) is 5.10 Å². The van der Waals surface area contributed by atoms with Crippen LogP contribution in [0.4, 0.5) is 5.69 Å². The van der Waals surface area contributed by atoms with Crippen molar-refractivity contribution in [1.82, 2.24) is 35.5 Å². The lowest BCUT2D eigenvalue weighted by atomic mass is 10.00. The summed E-state index contributed by atoms with van der Waals surface area (Å²) < 4.78 is 11.3. The van der Waals surface area contributed by atoms with Gasteiger partial charge in [-0.1, -0.05) is 36.6 Å². The number of ether oxygens (including phenoxy) is 2. The minimum atomic E-state index is -0.701. The van der Waals surface area contributed by atoms with Crippen LogP contribution < -0.4 is 10.6 Å². The number of H-pyrrole nitrogens is 1. The number of rotatable bonds is 7. The molecule has 14 nitrogen and oxygen atoms in total. The topological polar surface area (TPSA) is 190 Å². The molecule has 5 rings (SSSR count). The average molecular weight is 644 g/mol. The predicted octanol–water partition coefficient (Wildman–Crippen LogP) is 3.69. The number of nitriles is 1. The molecule has 0 saturated heterocycles. The van der Waals surface area contributed by atoms with Gasteiger partial charge in [0, 0.05) is 27.9 Å². The largest absolute Gasteiger partial charge is 0.469 e. The van der Waals surface area contributed by atoms with Crippen molar-refractivity contribution in [3.05, 3.63) is 76.5 Å². The maximum atomic E-state index is 13.2. The summed E-state index contributed by atoms with van der Waals surface area (Å²) >= 11 is 6.21. The minimum absolute atomic E-state index is 0.0156. The molecular weight excluding hydrogens is 614 g/mol. The molecule has 2 aromatic heterocycles. The predicted molar refractivity (Wildman–Crippen MR) is 166 cm³/mol. The Labute approximate surface area is 268 Å². The van der Waals surface area contributed by atoms with E-state index in [0.717, 1.165) is 0 Å². The molecule has 2 bridgehead atoms. The number of carbonyl (C=O) groups is 3. The zero-order valence-corrected chi connectivity index (χ0v) is 25.7. The molecule has 0 saturated carbocycles. The number of aromatic nitrogens is 6. The quantitative estimate of drug-likeness (QED) is 0.197. The Morgan fingerprint density at radius 1 is 1.15 bits per heavy atom. The molecule has 236 valence electrons. The van der Waals surface area contributed by atoms with Gasteiger partial charge in [0.05, 0.1) is 38.1 Å². The summed E-state index contributed by atoms with van der Waals surface area (Å²) in [7, 11) is 2.63. The maximum Gasteiger partial charge on any atom is 0.328 e. The number of anilines is 1. The van der Waals surface area contributed by atoms with Crippen molar-refractivity contribution in [3.8, 4) is 23.0 Å². The zero-order chi connectivity index (χ0) is 32.6. The monoisotopic (exact) mass is 643 g/mol. The fourth-order valence-electron chi connectivity index (χ4n) is 5.19. The number of tetrazole rings is 1. The van der Waals surface area contributed by atoms with Crippen molar-refractivity contribution in [2.75, 3.05) is 19.5 Å². The van der Waals surface area contributed by atoms with Crippen LogP contribution in [0, 0.1) is 11.3 Å². The van der Waals surface area contributed by atoms with E-state index >= 15 is 0 Å². The number of carbonyl (C=O) groups excluding carboxylic acids is 3. The van der Waals surface area contributed by atoms with Crippen molar-refractivity contribution >= 4 is 41.2 Å². The van der Waals surface area contributed by atoms with Gasteiger partial charge in [0.1, 0.15) is 24.3 Å². The van der Waals surface area contributed by atoms with E-state index < -0.39 is 29.9 Å². The molecule has 46 heavy (non-hydrogen) atoms. The van der Waals surface area contributed by atoms with Crippen LogP contribution in [-0.2, 0) is 30.3 Å². The van der Waals surface area contributed by atoms with Crippen molar-refractivity contribution < 1.29 is 23.9 Å². The SMILES string of the molecule is COC(=O)Cc1ccc2c(c1)N[C@@H](C(=O)OC)CCCC[C@H](NC(=O)/C=C/c1cc(Cl)ccc1-n1cnnn1)c1nc(C#N)c-2[nH]1. The lowest BCUT2D eigenvalue weighted by Crippen LogP contribution is -2.31. The Hall–Kier alpha value is -5.55. The van der Waals surface area contributed by atoms with E-state index in [2.05, 4.69) is 42.2 Å². The highest BCUT2D eigenvalue weighted by Crippen LogP contribution is 2.34. The molecule has 2 atom stereocenters. The number of hydrogen-bond donors (Lipinski definition) is 3. The van der Waals surface area contributed by atoms with Crippen molar-refractivity contribution in [2.45, 2.75) is 44.2 Å². The highest BCUT2D eigenvalue weighted by atomic mass is 35.5. The van der Waals surface area contributed by atoms with E-state index in [4.69, 9.17) is 21.1 Å². The first-order valence-electron chi connectivity index (χ1n) is 14.4. The number of benzene rings is 2. The molecule has 0 aliphatic carbocycles. The van der Waals surface area contributed by atoms with Gasteiger partial charge < -0.3 is 25.1 Å². The number of amides is 1. The number of methoxy groups -OCH3 is 2. The van der Waals surface area contributed by atoms with E-state index in [9.17, 15) is 19.6 Å². The molecular formula is C31H30ClN9O5. The minimum Gasteiger partial charge on any atom is -0.469 e. The number of halogens is 1. The van der Waals surface area contributed by atoms with Crippen LogP contribution in [0.5, 0.6) is 0 Å². The van der Waals surface area contributed by atoms with Crippen LogP contribution in [0.25, 0.3) is 23.0 Å². The second-order valence-electron chi connectivity index (χ2n) is 10.4. The van der Waals surface area contributed by atoms with Crippen LogP contribution >= 0.6 is 11.6 Å². The van der Waals surface area contributed by atoms with Crippen molar-refractivity contribution in [3.63, 3.8) is 0 Å². The van der Waals surface area contributed by atoms with Crippen LogP contribution in [0.15, 0.2) is 48.8 Å². The Balaban J connectivity index is 1.48. The van der Waals surface area contributed by atoms with E-state index in [1.165, 1.54) is 31.3 Å². The number of fused-ring (bicyclic) bond motifs is 4. The summed E-state index contributed by atoms with van der Waals surface area (Å²) in [6, 6.07) is 11.2. The standard InChI is InChI=1S/C31H30ClN9O5/c1-45-28(43)14-18-7-10-21-24(13-18)35-23(31(44)46-2)6-4-3-5-22(30-37-25(16-33)29(21)38-30)36-27(42)12-8-19-15-20(32)9-11-26(19)41-17-34-39-40-41/h7-13,15,17,22-23,35H,3-6,14H2,1-2H3,(H,36,42)(H,37,38)/b12-8+/t22-,23+/m0/s1. The van der Waals surface area contributed by atoms with Gasteiger partial charge in [-0.2, -0.15) is 9.94 Å². The van der Waals surface area contributed by atoms with Gasteiger partial charge in [0.25, 0.3) is 0 Å². The molecule has 0 fully saturated rings. The van der Waals surface area contributed by atoms with Crippen LogP contribution in [0.2, 0.25) is 5.02 Å². The molecule has 1 amide bonds. The van der Waals surface area contributed by atoms with Crippen LogP contribution in [0.3, 0.4) is 0 Å². The number of hydrogen-bond acceptors (Lipinski definition) is 11. The number of aromatic amines is 1. The number of nitrogens with zero attached hydrogens (tertiary/aromatic N) is 6. The fraction of sp³-hybridized carbons (Fsp3) is 0.290. The molecule has 1 aliphatic heterocycles. The van der Waals surface area contributed by atoms with Crippen molar-refractivity contribution in [2.24, 2.45) is 0 Å². The molecule has 0 radical (unpaired) electrons. The molecule has 4 aromatic rings. The Kier molecular flexibility index (Phi) is 10.0. The summed E-state index contributed by atoms with van der Waals surface area (Å²) in [6.45, 7) is 0. The lowest BCUT2D eigenvalue weighted by molar-refractivity contribution is -0.142. The van der Waals surface area contributed by atoms with E-state index in [1.807, 2.05) is 0 Å². The average Bonchev–Trinajstić information content (AvgIpc) is 3.75. The number of nitrogens with one attached hydrogen (secondary N) is 3. The van der Waals surface area contributed by atoms with Gasteiger partial charge in [0.2, 0.25) is 5.91 Å². The smallest absolute Gasteiger partial charge is 0.328 e.